The molecule has 0 spiro atoms. The molecule has 7 heteroatoms. The van der Waals surface area contributed by atoms with Crippen LogP contribution in [0.15, 0.2) is 34.9 Å². The first-order chi connectivity index (χ1) is 9.60. The minimum absolute atomic E-state index is 0.225. The maximum atomic E-state index is 13.8. The first kappa shape index (κ1) is 13.1. The summed E-state index contributed by atoms with van der Waals surface area (Å²) in [7, 11) is 0. The molecule has 0 aliphatic rings. The summed E-state index contributed by atoms with van der Waals surface area (Å²) >= 11 is 3.35. The summed E-state index contributed by atoms with van der Waals surface area (Å²) in [5, 5.41) is 4.29. The molecule has 0 amide bonds. The van der Waals surface area contributed by atoms with Crippen molar-refractivity contribution in [2.75, 3.05) is 0 Å². The maximum Gasteiger partial charge on any atom is 0.155 e. The van der Waals surface area contributed by atoms with E-state index in [0.717, 1.165) is 6.07 Å². The van der Waals surface area contributed by atoms with Crippen LogP contribution in [0.25, 0.3) is 16.9 Å². The molecule has 2 N–H and O–H groups in total. The van der Waals surface area contributed by atoms with Crippen molar-refractivity contribution in [3.8, 4) is 11.3 Å². The Hall–Kier alpha value is -1.86. The lowest BCUT2D eigenvalue weighted by Gasteiger charge is -2.03. The Morgan fingerprint density at radius 3 is 2.70 bits per heavy atom. The molecule has 102 valence electrons. The highest BCUT2D eigenvalue weighted by Gasteiger charge is 2.13. The molecule has 0 saturated carbocycles. The molecule has 20 heavy (non-hydrogen) atoms. The van der Waals surface area contributed by atoms with Crippen LogP contribution in [0.3, 0.4) is 0 Å². The van der Waals surface area contributed by atoms with E-state index in [1.807, 2.05) is 0 Å². The van der Waals surface area contributed by atoms with E-state index in [0.29, 0.717) is 21.6 Å². The molecule has 0 fully saturated rings. The quantitative estimate of drug-likeness (QED) is 0.781. The first-order valence-corrected chi connectivity index (χ1v) is 6.59. The Labute approximate surface area is 121 Å². The van der Waals surface area contributed by atoms with E-state index in [9.17, 15) is 8.78 Å². The monoisotopic (exact) mass is 338 g/mol. The fraction of sp³-hybridized carbons (Fsp3) is 0.0769. The van der Waals surface area contributed by atoms with E-state index in [4.69, 9.17) is 5.73 Å². The van der Waals surface area contributed by atoms with Gasteiger partial charge in [0.2, 0.25) is 0 Å². The second-order valence-corrected chi connectivity index (χ2v) is 4.92. The smallest absolute Gasteiger partial charge is 0.155 e. The molecule has 0 unspecified atom stereocenters. The third-order valence-electron chi connectivity index (χ3n) is 2.89. The topological polar surface area (TPSA) is 56.2 Å². The second-order valence-electron chi connectivity index (χ2n) is 4.17. The summed E-state index contributed by atoms with van der Waals surface area (Å²) in [6, 6.07) is 6.71. The van der Waals surface area contributed by atoms with Gasteiger partial charge in [-0.2, -0.15) is 5.10 Å². The highest BCUT2D eigenvalue weighted by molar-refractivity contribution is 9.10. The lowest BCUT2D eigenvalue weighted by molar-refractivity contribution is 0.585. The Balaban J connectivity index is 2.19. The van der Waals surface area contributed by atoms with Crippen LogP contribution in [0.2, 0.25) is 0 Å². The molecule has 1 aromatic carbocycles. The fourth-order valence-corrected chi connectivity index (χ4v) is 2.43. The number of hydrogen-bond acceptors (Lipinski definition) is 3. The predicted molar refractivity (Wildman–Crippen MR) is 73.9 cm³/mol. The van der Waals surface area contributed by atoms with Gasteiger partial charge in [-0.05, 0) is 40.2 Å². The van der Waals surface area contributed by atoms with Crippen molar-refractivity contribution in [3.05, 3.63) is 52.3 Å². The van der Waals surface area contributed by atoms with Crippen molar-refractivity contribution in [1.29, 1.82) is 0 Å². The number of halogens is 3. The van der Waals surface area contributed by atoms with Gasteiger partial charge in [-0.15, -0.1) is 0 Å². The molecule has 0 atom stereocenters. The van der Waals surface area contributed by atoms with E-state index in [1.165, 1.54) is 16.6 Å². The summed E-state index contributed by atoms with van der Waals surface area (Å²) < 4.78 is 28.9. The van der Waals surface area contributed by atoms with E-state index in [1.54, 1.807) is 12.1 Å². The third-order valence-corrected chi connectivity index (χ3v) is 3.68. The van der Waals surface area contributed by atoms with Gasteiger partial charge in [0.1, 0.15) is 16.2 Å². The van der Waals surface area contributed by atoms with Crippen LogP contribution >= 0.6 is 15.9 Å². The molecule has 0 radical (unpaired) electrons. The Kier molecular flexibility index (Phi) is 3.23. The Morgan fingerprint density at radius 1 is 1.20 bits per heavy atom. The number of rotatable bonds is 2. The van der Waals surface area contributed by atoms with Crippen molar-refractivity contribution < 1.29 is 8.78 Å². The average Bonchev–Trinajstić information content (AvgIpc) is 2.75. The first-order valence-electron chi connectivity index (χ1n) is 5.80. The van der Waals surface area contributed by atoms with Gasteiger partial charge in [-0.3, -0.25) is 0 Å². The zero-order chi connectivity index (χ0) is 14.3. The van der Waals surface area contributed by atoms with Crippen LogP contribution in [0.1, 0.15) is 5.69 Å². The predicted octanol–water partition coefficient (Wildman–Crippen LogP) is 2.90. The van der Waals surface area contributed by atoms with Crippen LogP contribution in [-0.4, -0.2) is 14.6 Å². The fourth-order valence-electron chi connectivity index (χ4n) is 1.92. The van der Waals surface area contributed by atoms with Gasteiger partial charge >= 0.3 is 0 Å². The summed E-state index contributed by atoms with van der Waals surface area (Å²) in [6.07, 6.45) is 0. The third kappa shape index (κ3) is 2.08. The molecular weight excluding hydrogens is 330 g/mol. The van der Waals surface area contributed by atoms with E-state index >= 15 is 0 Å². The van der Waals surface area contributed by atoms with E-state index < -0.39 is 11.6 Å². The number of benzene rings is 1. The van der Waals surface area contributed by atoms with Gasteiger partial charge < -0.3 is 5.73 Å². The lowest BCUT2D eigenvalue weighted by atomic mass is 10.1. The highest BCUT2D eigenvalue weighted by atomic mass is 79.9. The Morgan fingerprint density at radius 2 is 2.00 bits per heavy atom. The van der Waals surface area contributed by atoms with Crippen LogP contribution in [0, 0.1) is 11.6 Å². The number of fused-ring (bicyclic) bond motifs is 1. The molecule has 2 heterocycles. The van der Waals surface area contributed by atoms with Crippen LogP contribution < -0.4 is 5.73 Å². The van der Waals surface area contributed by atoms with E-state index in [2.05, 4.69) is 26.0 Å². The molecular formula is C13H9BrF2N4. The van der Waals surface area contributed by atoms with Crippen molar-refractivity contribution in [2.24, 2.45) is 5.73 Å². The zero-order valence-electron chi connectivity index (χ0n) is 10.1. The molecule has 0 aliphatic carbocycles. The molecule has 0 bridgehead atoms. The molecule has 3 rings (SSSR count). The standard InChI is InChI=1S/C13H9BrF2N4/c14-13-11(6-17)18-12-4-3-10(19-20(12)13)8-2-1-7(15)5-9(8)16/h1-5H,6,17H2. The normalized spacial score (nSPS) is 11.2. The van der Waals surface area contributed by atoms with Gasteiger partial charge in [-0.25, -0.2) is 18.3 Å². The molecule has 0 saturated heterocycles. The Bertz CT molecular complexity index is 800. The maximum absolute atomic E-state index is 13.8. The van der Waals surface area contributed by atoms with Gasteiger partial charge in [0.05, 0.1) is 11.4 Å². The van der Waals surface area contributed by atoms with Gasteiger partial charge in [0.25, 0.3) is 0 Å². The summed E-state index contributed by atoms with van der Waals surface area (Å²) in [5.74, 6) is -1.28. The lowest BCUT2D eigenvalue weighted by Crippen LogP contribution is -1.98. The van der Waals surface area contributed by atoms with E-state index in [-0.39, 0.29) is 12.1 Å². The molecule has 4 nitrogen and oxygen atoms in total. The van der Waals surface area contributed by atoms with Crippen LogP contribution in [-0.2, 0) is 6.54 Å². The van der Waals surface area contributed by atoms with Crippen molar-refractivity contribution in [1.82, 2.24) is 14.6 Å². The van der Waals surface area contributed by atoms with Crippen molar-refractivity contribution in [2.45, 2.75) is 6.54 Å². The van der Waals surface area contributed by atoms with Crippen LogP contribution in [0.5, 0.6) is 0 Å². The van der Waals surface area contributed by atoms with Gasteiger partial charge in [0, 0.05) is 18.2 Å². The SMILES string of the molecule is NCc1nc2ccc(-c3ccc(F)cc3F)nn2c1Br. The molecule has 0 aliphatic heterocycles. The van der Waals surface area contributed by atoms with Crippen molar-refractivity contribution >= 4 is 21.6 Å². The van der Waals surface area contributed by atoms with Gasteiger partial charge in [-0.1, -0.05) is 0 Å². The summed E-state index contributed by atoms with van der Waals surface area (Å²) in [5.41, 5.74) is 7.44. The number of nitrogens with zero attached hydrogens (tertiary/aromatic N) is 3. The second kappa shape index (κ2) is 4.92. The zero-order valence-corrected chi connectivity index (χ0v) is 11.7. The minimum Gasteiger partial charge on any atom is -0.325 e. The summed E-state index contributed by atoms with van der Waals surface area (Å²) in [6.45, 7) is 0.268. The average molecular weight is 339 g/mol. The summed E-state index contributed by atoms with van der Waals surface area (Å²) in [4.78, 5) is 4.28. The largest absolute Gasteiger partial charge is 0.325 e. The number of imidazole rings is 1. The van der Waals surface area contributed by atoms with Crippen LogP contribution in [0.4, 0.5) is 8.78 Å². The minimum atomic E-state index is -0.660. The number of nitrogens with two attached hydrogens (primary N) is 1. The molecule has 3 aromatic rings. The van der Waals surface area contributed by atoms with Gasteiger partial charge in [0.15, 0.2) is 5.65 Å². The molecule has 2 aromatic heterocycles. The number of aromatic nitrogens is 3. The highest BCUT2D eigenvalue weighted by Crippen LogP contribution is 2.24. The van der Waals surface area contributed by atoms with Crippen molar-refractivity contribution in [3.63, 3.8) is 0 Å². The number of hydrogen-bond donors (Lipinski definition) is 1.